The predicted molar refractivity (Wildman–Crippen MR) is 78.8 cm³/mol. The first kappa shape index (κ1) is 15.6. The molecule has 0 aromatic heterocycles. The molecule has 3 fully saturated rings. The Bertz CT molecular complexity index is 377. The van der Waals surface area contributed by atoms with Crippen LogP contribution in [0.5, 0.6) is 0 Å². The van der Waals surface area contributed by atoms with Crippen LogP contribution in [-0.2, 0) is 9.59 Å². The number of nitrogens with zero attached hydrogens (tertiary/aromatic N) is 2. The van der Waals surface area contributed by atoms with Crippen LogP contribution in [0, 0.1) is 0 Å². The Morgan fingerprint density at radius 1 is 1.15 bits per heavy atom. The number of fused-ring (bicyclic) bond motifs is 2. The minimum Gasteiger partial charge on any atom is -0.340 e. The second kappa shape index (κ2) is 6.76. The summed E-state index contributed by atoms with van der Waals surface area (Å²) in [6.45, 7) is 2.70. The fourth-order valence-electron chi connectivity index (χ4n) is 3.46. The Kier molecular flexibility index (Phi) is 5.27. The second-order valence-electron chi connectivity index (χ2n) is 6.04. The van der Waals surface area contributed by atoms with Gasteiger partial charge < -0.3 is 15.1 Å². The SMILES string of the molecule is Cl.O=C1CCCCN1CC(=O)N1CCC2CCC(C1)N2. The zero-order chi connectivity index (χ0) is 13.2. The summed E-state index contributed by atoms with van der Waals surface area (Å²) in [5.41, 5.74) is 0. The zero-order valence-electron chi connectivity index (χ0n) is 11.8. The number of hydrogen-bond donors (Lipinski definition) is 1. The summed E-state index contributed by atoms with van der Waals surface area (Å²) < 4.78 is 0. The molecular weight excluding hydrogens is 278 g/mol. The summed E-state index contributed by atoms with van der Waals surface area (Å²) in [6, 6.07) is 1.06. The monoisotopic (exact) mass is 301 g/mol. The van der Waals surface area contributed by atoms with Crippen molar-refractivity contribution in [2.45, 2.75) is 50.6 Å². The predicted octanol–water partition coefficient (Wildman–Crippen LogP) is 0.774. The van der Waals surface area contributed by atoms with E-state index >= 15 is 0 Å². The Balaban J connectivity index is 0.00000147. The standard InChI is InChI=1S/C14H23N3O2.ClH/c18-13-3-1-2-7-16(13)10-14(19)17-8-6-11-4-5-12(9-17)15-11;/h11-12,15H,1-10H2;1H. The Morgan fingerprint density at radius 2 is 1.95 bits per heavy atom. The number of rotatable bonds is 2. The van der Waals surface area contributed by atoms with Crippen LogP contribution in [-0.4, -0.2) is 59.9 Å². The smallest absolute Gasteiger partial charge is 0.242 e. The number of halogens is 1. The number of carbonyl (C=O) groups excluding carboxylic acids is 2. The summed E-state index contributed by atoms with van der Waals surface area (Å²) in [4.78, 5) is 27.8. The van der Waals surface area contributed by atoms with E-state index in [-0.39, 0.29) is 30.8 Å². The van der Waals surface area contributed by atoms with Gasteiger partial charge in [-0.3, -0.25) is 9.59 Å². The molecular formula is C14H24ClN3O2. The molecule has 2 unspecified atom stereocenters. The summed E-state index contributed by atoms with van der Waals surface area (Å²) >= 11 is 0. The van der Waals surface area contributed by atoms with E-state index in [2.05, 4.69) is 5.32 Å². The molecule has 2 atom stereocenters. The van der Waals surface area contributed by atoms with Crippen LogP contribution < -0.4 is 5.32 Å². The summed E-state index contributed by atoms with van der Waals surface area (Å²) in [7, 11) is 0. The highest BCUT2D eigenvalue weighted by Gasteiger charge is 2.32. The maximum Gasteiger partial charge on any atom is 0.242 e. The van der Waals surface area contributed by atoms with Crippen molar-refractivity contribution in [3.8, 4) is 0 Å². The van der Waals surface area contributed by atoms with Crippen LogP contribution in [0.4, 0.5) is 0 Å². The number of hydrogen-bond acceptors (Lipinski definition) is 3. The summed E-state index contributed by atoms with van der Waals surface area (Å²) in [6.07, 6.45) is 6.09. The van der Waals surface area contributed by atoms with Crippen LogP contribution in [0.3, 0.4) is 0 Å². The minimum absolute atomic E-state index is 0. The lowest BCUT2D eigenvalue weighted by molar-refractivity contribution is -0.142. The first-order chi connectivity index (χ1) is 9.22. The molecule has 0 aromatic carbocycles. The van der Waals surface area contributed by atoms with E-state index in [0.29, 0.717) is 18.5 Å². The topological polar surface area (TPSA) is 52.7 Å². The third-order valence-corrected chi connectivity index (χ3v) is 4.62. The molecule has 1 N–H and O–H groups in total. The Labute approximate surface area is 126 Å². The molecule has 20 heavy (non-hydrogen) atoms. The van der Waals surface area contributed by atoms with Crippen LogP contribution in [0.1, 0.15) is 38.5 Å². The molecule has 3 heterocycles. The van der Waals surface area contributed by atoms with E-state index in [1.807, 2.05) is 4.90 Å². The maximum absolute atomic E-state index is 12.3. The highest BCUT2D eigenvalue weighted by Crippen LogP contribution is 2.20. The van der Waals surface area contributed by atoms with Crippen molar-refractivity contribution in [2.75, 3.05) is 26.2 Å². The van der Waals surface area contributed by atoms with Crippen molar-refractivity contribution < 1.29 is 9.59 Å². The van der Waals surface area contributed by atoms with E-state index in [1.54, 1.807) is 4.90 Å². The zero-order valence-corrected chi connectivity index (χ0v) is 12.7. The van der Waals surface area contributed by atoms with Crippen molar-refractivity contribution in [2.24, 2.45) is 0 Å². The molecule has 0 aromatic rings. The van der Waals surface area contributed by atoms with E-state index in [4.69, 9.17) is 0 Å². The Morgan fingerprint density at radius 3 is 2.75 bits per heavy atom. The van der Waals surface area contributed by atoms with Crippen molar-refractivity contribution in [3.05, 3.63) is 0 Å². The van der Waals surface area contributed by atoms with E-state index in [9.17, 15) is 9.59 Å². The van der Waals surface area contributed by atoms with Gasteiger partial charge in [-0.05, 0) is 32.1 Å². The van der Waals surface area contributed by atoms with Gasteiger partial charge in [0.2, 0.25) is 11.8 Å². The molecule has 0 spiro atoms. The van der Waals surface area contributed by atoms with Crippen molar-refractivity contribution in [1.82, 2.24) is 15.1 Å². The highest BCUT2D eigenvalue weighted by molar-refractivity contribution is 5.85. The lowest BCUT2D eigenvalue weighted by Crippen LogP contribution is -2.47. The Hall–Kier alpha value is -0.810. The van der Waals surface area contributed by atoms with Gasteiger partial charge in [-0.1, -0.05) is 0 Å². The normalized spacial score (nSPS) is 29.9. The van der Waals surface area contributed by atoms with Crippen molar-refractivity contribution in [3.63, 3.8) is 0 Å². The van der Waals surface area contributed by atoms with Gasteiger partial charge in [-0.25, -0.2) is 0 Å². The quantitative estimate of drug-likeness (QED) is 0.820. The van der Waals surface area contributed by atoms with E-state index in [0.717, 1.165) is 38.9 Å². The molecule has 3 aliphatic rings. The number of amides is 2. The number of likely N-dealkylation sites (tertiary alicyclic amines) is 2. The third-order valence-electron chi connectivity index (χ3n) is 4.62. The van der Waals surface area contributed by atoms with Gasteiger partial charge in [0.05, 0.1) is 6.54 Å². The number of carbonyl (C=O) groups is 2. The molecule has 2 bridgehead atoms. The summed E-state index contributed by atoms with van der Waals surface area (Å²) in [5.74, 6) is 0.277. The minimum atomic E-state index is 0. The van der Waals surface area contributed by atoms with Gasteiger partial charge in [0, 0.05) is 38.1 Å². The molecule has 3 aliphatic heterocycles. The summed E-state index contributed by atoms with van der Waals surface area (Å²) in [5, 5.41) is 3.58. The van der Waals surface area contributed by atoms with Gasteiger partial charge in [0.1, 0.15) is 0 Å². The first-order valence-electron chi connectivity index (χ1n) is 7.54. The molecule has 5 nitrogen and oxygen atoms in total. The van der Waals surface area contributed by atoms with Crippen LogP contribution in [0.15, 0.2) is 0 Å². The second-order valence-corrected chi connectivity index (χ2v) is 6.04. The number of piperidine rings is 1. The van der Waals surface area contributed by atoms with Gasteiger partial charge >= 0.3 is 0 Å². The average Bonchev–Trinajstić information content (AvgIpc) is 2.71. The molecule has 0 radical (unpaired) electrons. The molecule has 114 valence electrons. The van der Waals surface area contributed by atoms with E-state index in [1.165, 1.54) is 12.8 Å². The van der Waals surface area contributed by atoms with Gasteiger partial charge in [-0.15, -0.1) is 12.4 Å². The van der Waals surface area contributed by atoms with Crippen molar-refractivity contribution >= 4 is 24.2 Å². The van der Waals surface area contributed by atoms with E-state index < -0.39 is 0 Å². The maximum atomic E-state index is 12.3. The van der Waals surface area contributed by atoms with Gasteiger partial charge in [0.25, 0.3) is 0 Å². The van der Waals surface area contributed by atoms with Crippen LogP contribution in [0.25, 0.3) is 0 Å². The lowest BCUT2D eigenvalue weighted by atomic mass is 10.1. The van der Waals surface area contributed by atoms with Gasteiger partial charge in [-0.2, -0.15) is 0 Å². The molecule has 6 heteroatoms. The molecule has 3 saturated heterocycles. The van der Waals surface area contributed by atoms with Crippen LogP contribution >= 0.6 is 12.4 Å². The van der Waals surface area contributed by atoms with Crippen molar-refractivity contribution in [1.29, 1.82) is 0 Å². The molecule has 0 aliphatic carbocycles. The largest absolute Gasteiger partial charge is 0.340 e. The van der Waals surface area contributed by atoms with Crippen LogP contribution in [0.2, 0.25) is 0 Å². The average molecular weight is 302 g/mol. The third kappa shape index (κ3) is 3.44. The highest BCUT2D eigenvalue weighted by atomic mass is 35.5. The fraction of sp³-hybridized carbons (Fsp3) is 0.857. The molecule has 0 saturated carbocycles. The van der Waals surface area contributed by atoms with Gasteiger partial charge in [0.15, 0.2) is 0 Å². The first-order valence-corrected chi connectivity index (χ1v) is 7.54. The lowest BCUT2D eigenvalue weighted by Gasteiger charge is -2.30. The number of nitrogens with one attached hydrogen (secondary N) is 1. The molecule has 3 rings (SSSR count). The molecule has 2 amide bonds. The fourth-order valence-corrected chi connectivity index (χ4v) is 3.46.